The molecule has 0 heterocycles. The van der Waals surface area contributed by atoms with E-state index in [0.717, 1.165) is 12.8 Å². The van der Waals surface area contributed by atoms with Gasteiger partial charge in [-0.15, -0.1) is 0 Å². The van der Waals surface area contributed by atoms with Crippen molar-refractivity contribution in [2.24, 2.45) is 5.92 Å². The zero-order valence-electron chi connectivity index (χ0n) is 14.2. The van der Waals surface area contributed by atoms with Gasteiger partial charge in [-0.25, -0.2) is 0 Å². The Kier molecular flexibility index (Phi) is 5.27. The number of benzene rings is 1. The number of carbonyl (C=O) groups excluding carboxylic acids is 1. The summed E-state index contributed by atoms with van der Waals surface area (Å²) in [5, 5.41) is 12.1. The summed E-state index contributed by atoms with van der Waals surface area (Å²) in [4.78, 5) is 12.6. The van der Waals surface area contributed by atoms with Crippen molar-refractivity contribution in [2.75, 3.05) is 11.9 Å². The summed E-state index contributed by atoms with van der Waals surface area (Å²) in [5.41, 5.74) is 0.171. The van der Waals surface area contributed by atoms with Crippen molar-refractivity contribution in [3.8, 4) is 11.8 Å². The Morgan fingerprint density at radius 2 is 2.17 bits per heavy atom. The molecule has 1 atom stereocenters. The van der Waals surface area contributed by atoms with Crippen molar-refractivity contribution in [3.05, 3.63) is 23.8 Å². The van der Waals surface area contributed by atoms with Crippen LogP contribution in [0, 0.1) is 17.2 Å². The third kappa shape index (κ3) is 4.02. The highest BCUT2D eigenvalue weighted by atomic mass is 16.5. The molecule has 1 amide bonds. The number of nitrogens with zero attached hydrogens (tertiary/aromatic N) is 1. The summed E-state index contributed by atoms with van der Waals surface area (Å²) >= 11 is 0. The molecule has 1 unspecified atom stereocenters. The van der Waals surface area contributed by atoms with Gasteiger partial charge in [0.1, 0.15) is 17.4 Å². The van der Waals surface area contributed by atoms with E-state index in [0.29, 0.717) is 23.6 Å². The standard InChI is InChI=1S/C18H24N2O3/c1-5-22-18(4,14-6-7-14)17(21)20-15-8-9-16(23-12(2)3)13(10-15)11-19/h8-10,12,14H,5-7H2,1-4H3,(H,20,21). The van der Waals surface area contributed by atoms with Crippen LogP contribution < -0.4 is 10.1 Å². The minimum absolute atomic E-state index is 0.0151. The first-order valence-corrected chi connectivity index (χ1v) is 8.07. The number of anilines is 1. The molecule has 1 aromatic carbocycles. The van der Waals surface area contributed by atoms with E-state index in [1.54, 1.807) is 18.2 Å². The molecule has 1 aliphatic rings. The molecule has 5 heteroatoms. The minimum atomic E-state index is -0.811. The van der Waals surface area contributed by atoms with Crippen LogP contribution in [0.1, 0.15) is 46.1 Å². The summed E-state index contributed by atoms with van der Waals surface area (Å²) in [5.74, 6) is 0.625. The quantitative estimate of drug-likeness (QED) is 0.836. The van der Waals surface area contributed by atoms with Crippen molar-refractivity contribution in [1.82, 2.24) is 0 Å². The largest absolute Gasteiger partial charge is 0.490 e. The van der Waals surface area contributed by atoms with Crippen LogP contribution in [-0.2, 0) is 9.53 Å². The Morgan fingerprint density at radius 3 is 2.70 bits per heavy atom. The maximum absolute atomic E-state index is 12.6. The average Bonchev–Trinajstić information content (AvgIpc) is 3.33. The third-order valence-corrected chi connectivity index (χ3v) is 3.97. The van der Waals surface area contributed by atoms with Gasteiger partial charge in [0.25, 0.3) is 5.91 Å². The topological polar surface area (TPSA) is 71.3 Å². The number of rotatable bonds is 7. The Balaban J connectivity index is 2.16. The van der Waals surface area contributed by atoms with E-state index in [1.807, 2.05) is 27.7 Å². The molecular weight excluding hydrogens is 292 g/mol. The summed E-state index contributed by atoms with van der Waals surface area (Å²) in [6.07, 6.45) is 2.00. The average molecular weight is 316 g/mol. The molecule has 0 aromatic heterocycles. The summed E-state index contributed by atoms with van der Waals surface area (Å²) in [6, 6.07) is 7.20. The molecule has 1 saturated carbocycles. The first-order chi connectivity index (χ1) is 10.9. The number of amides is 1. The van der Waals surface area contributed by atoms with Gasteiger partial charge < -0.3 is 14.8 Å². The van der Waals surface area contributed by atoms with Crippen LogP contribution in [0.4, 0.5) is 5.69 Å². The highest BCUT2D eigenvalue weighted by molar-refractivity contribution is 5.97. The molecule has 1 fully saturated rings. The van der Waals surface area contributed by atoms with Gasteiger partial charge in [0.2, 0.25) is 0 Å². The van der Waals surface area contributed by atoms with Crippen molar-refractivity contribution in [1.29, 1.82) is 5.26 Å². The highest BCUT2D eigenvalue weighted by Gasteiger charge is 2.48. The lowest BCUT2D eigenvalue weighted by atomic mass is 9.98. The van der Waals surface area contributed by atoms with Gasteiger partial charge in [-0.2, -0.15) is 5.26 Å². The molecule has 2 rings (SSSR count). The minimum Gasteiger partial charge on any atom is -0.490 e. The second kappa shape index (κ2) is 7.01. The van der Waals surface area contributed by atoms with Crippen molar-refractivity contribution >= 4 is 11.6 Å². The Morgan fingerprint density at radius 1 is 1.48 bits per heavy atom. The van der Waals surface area contributed by atoms with Crippen LogP contribution in [0.2, 0.25) is 0 Å². The number of ether oxygens (including phenoxy) is 2. The first kappa shape index (κ1) is 17.3. The van der Waals surface area contributed by atoms with Crippen molar-refractivity contribution < 1.29 is 14.3 Å². The lowest BCUT2D eigenvalue weighted by molar-refractivity contribution is -0.141. The van der Waals surface area contributed by atoms with E-state index in [9.17, 15) is 10.1 Å². The summed E-state index contributed by atoms with van der Waals surface area (Å²) in [6.45, 7) is 8.02. The Hall–Kier alpha value is -2.06. The molecule has 0 spiro atoms. The van der Waals surface area contributed by atoms with Crippen LogP contribution in [0.15, 0.2) is 18.2 Å². The molecular formula is C18H24N2O3. The van der Waals surface area contributed by atoms with Crippen LogP contribution in [0.3, 0.4) is 0 Å². The zero-order valence-corrected chi connectivity index (χ0v) is 14.2. The molecule has 1 aromatic rings. The van der Waals surface area contributed by atoms with E-state index in [4.69, 9.17) is 9.47 Å². The summed E-state index contributed by atoms with van der Waals surface area (Å²) in [7, 11) is 0. The van der Waals surface area contributed by atoms with Crippen LogP contribution >= 0.6 is 0 Å². The van der Waals surface area contributed by atoms with Gasteiger partial charge in [0, 0.05) is 12.3 Å². The van der Waals surface area contributed by atoms with Gasteiger partial charge in [-0.3, -0.25) is 4.79 Å². The van der Waals surface area contributed by atoms with Gasteiger partial charge in [0.15, 0.2) is 0 Å². The molecule has 23 heavy (non-hydrogen) atoms. The predicted molar refractivity (Wildman–Crippen MR) is 88.3 cm³/mol. The number of carbonyl (C=O) groups is 1. The predicted octanol–water partition coefficient (Wildman–Crippen LogP) is 3.49. The van der Waals surface area contributed by atoms with Gasteiger partial charge >= 0.3 is 0 Å². The lowest BCUT2D eigenvalue weighted by Gasteiger charge is -2.28. The van der Waals surface area contributed by atoms with Gasteiger partial charge in [-0.05, 0) is 64.7 Å². The first-order valence-electron chi connectivity index (χ1n) is 8.07. The molecule has 5 nitrogen and oxygen atoms in total. The van der Waals surface area contributed by atoms with Gasteiger partial charge in [-0.1, -0.05) is 0 Å². The van der Waals surface area contributed by atoms with E-state index in [1.165, 1.54) is 0 Å². The molecule has 0 bridgehead atoms. The van der Waals surface area contributed by atoms with Crippen LogP contribution in [-0.4, -0.2) is 24.2 Å². The second-order valence-electron chi connectivity index (χ2n) is 6.26. The molecule has 0 saturated heterocycles. The number of hydrogen-bond donors (Lipinski definition) is 1. The summed E-state index contributed by atoms with van der Waals surface area (Å²) < 4.78 is 11.3. The fourth-order valence-electron chi connectivity index (χ4n) is 2.61. The SMILES string of the molecule is CCOC(C)(C(=O)Nc1ccc(OC(C)C)c(C#N)c1)C1CC1. The fourth-order valence-corrected chi connectivity index (χ4v) is 2.61. The molecule has 0 aliphatic heterocycles. The van der Waals surface area contributed by atoms with Gasteiger partial charge in [0.05, 0.1) is 11.7 Å². The van der Waals surface area contributed by atoms with E-state index in [-0.39, 0.29) is 17.9 Å². The normalized spacial score (nSPS) is 16.5. The molecule has 0 radical (unpaired) electrons. The maximum Gasteiger partial charge on any atom is 0.256 e. The van der Waals surface area contributed by atoms with Crippen LogP contribution in [0.25, 0.3) is 0 Å². The second-order valence-corrected chi connectivity index (χ2v) is 6.26. The molecule has 1 aliphatic carbocycles. The Bertz CT molecular complexity index is 617. The van der Waals surface area contributed by atoms with Crippen LogP contribution in [0.5, 0.6) is 5.75 Å². The van der Waals surface area contributed by atoms with Crippen molar-refractivity contribution in [2.45, 2.75) is 52.2 Å². The van der Waals surface area contributed by atoms with Crippen molar-refractivity contribution in [3.63, 3.8) is 0 Å². The zero-order chi connectivity index (χ0) is 17.0. The smallest absolute Gasteiger partial charge is 0.256 e. The van der Waals surface area contributed by atoms with E-state index >= 15 is 0 Å². The fraction of sp³-hybridized carbons (Fsp3) is 0.556. The monoisotopic (exact) mass is 316 g/mol. The highest BCUT2D eigenvalue weighted by Crippen LogP contribution is 2.42. The Labute approximate surface area is 137 Å². The number of nitrogens with one attached hydrogen (secondary N) is 1. The molecule has 124 valence electrons. The van der Waals surface area contributed by atoms with E-state index < -0.39 is 5.60 Å². The van der Waals surface area contributed by atoms with E-state index in [2.05, 4.69) is 11.4 Å². The molecule has 1 N–H and O–H groups in total. The maximum atomic E-state index is 12.6. The number of hydrogen-bond acceptors (Lipinski definition) is 4. The number of nitriles is 1. The lowest BCUT2D eigenvalue weighted by Crippen LogP contribution is -2.44. The third-order valence-electron chi connectivity index (χ3n) is 3.97.